The monoisotopic (exact) mass is 252 g/mol. The molecule has 1 N–H and O–H groups in total. The van der Waals surface area contributed by atoms with E-state index in [0.717, 1.165) is 19.6 Å². The molecule has 2 heterocycles. The van der Waals surface area contributed by atoms with Crippen LogP contribution >= 0.6 is 11.3 Å². The second-order valence-corrected chi connectivity index (χ2v) is 6.01. The van der Waals surface area contributed by atoms with Gasteiger partial charge in [-0.15, -0.1) is 0 Å². The zero-order chi connectivity index (χ0) is 12.3. The van der Waals surface area contributed by atoms with Crippen LogP contribution in [0.4, 0.5) is 0 Å². The molecule has 0 aliphatic carbocycles. The molecule has 1 aromatic rings. The van der Waals surface area contributed by atoms with Gasteiger partial charge in [-0.1, -0.05) is 13.8 Å². The van der Waals surface area contributed by atoms with Crippen LogP contribution < -0.4 is 5.32 Å². The Morgan fingerprint density at radius 1 is 1.47 bits per heavy atom. The Labute approximate surface area is 109 Å². The van der Waals surface area contributed by atoms with Gasteiger partial charge in [0.25, 0.3) is 0 Å². The number of rotatable bonds is 4. The third-order valence-corrected chi connectivity index (χ3v) is 4.95. The van der Waals surface area contributed by atoms with Crippen molar-refractivity contribution >= 4 is 11.3 Å². The van der Waals surface area contributed by atoms with E-state index in [-0.39, 0.29) is 0 Å². The molecule has 0 bridgehead atoms. The molecule has 1 unspecified atom stereocenters. The first-order valence-corrected chi connectivity index (χ1v) is 7.64. The van der Waals surface area contributed by atoms with E-state index < -0.39 is 0 Å². The summed E-state index contributed by atoms with van der Waals surface area (Å²) >= 11 is 1.80. The van der Waals surface area contributed by atoms with Crippen LogP contribution in [0.25, 0.3) is 0 Å². The number of nitrogens with one attached hydrogen (secondary N) is 1. The summed E-state index contributed by atoms with van der Waals surface area (Å²) in [4.78, 5) is 2.69. The fraction of sp³-hybridized carbons (Fsp3) is 0.714. The van der Waals surface area contributed by atoms with Crippen LogP contribution in [-0.2, 0) is 6.54 Å². The van der Waals surface area contributed by atoms with Gasteiger partial charge in [-0.25, -0.2) is 0 Å². The minimum atomic E-state index is 0.356. The molecule has 96 valence electrons. The van der Waals surface area contributed by atoms with Gasteiger partial charge in [0.1, 0.15) is 0 Å². The second-order valence-electron chi connectivity index (χ2n) is 5.23. The Morgan fingerprint density at radius 2 is 2.24 bits per heavy atom. The highest BCUT2D eigenvalue weighted by atomic mass is 32.1. The van der Waals surface area contributed by atoms with Gasteiger partial charge in [-0.2, -0.15) is 11.3 Å². The summed E-state index contributed by atoms with van der Waals surface area (Å²) in [7, 11) is 0. The van der Waals surface area contributed by atoms with Gasteiger partial charge in [-0.05, 0) is 42.2 Å². The Bertz CT molecular complexity index is 330. The minimum Gasteiger partial charge on any atom is -0.311 e. The summed E-state index contributed by atoms with van der Waals surface area (Å²) in [6.07, 6.45) is 2.46. The number of nitrogens with zero attached hydrogens (tertiary/aromatic N) is 1. The van der Waals surface area contributed by atoms with Crippen molar-refractivity contribution in [1.82, 2.24) is 10.2 Å². The molecule has 1 aromatic heterocycles. The van der Waals surface area contributed by atoms with Crippen LogP contribution in [0.2, 0.25) is 0 Å². The van der Waals surface area contributed by atoms with Gasteiger partial charge in [-0.3, -0.25) is 4.90 Å². The van der Waals surface area contributed by atoms with Gasteiger partial charge in [0.2, 0.25) is 0 Å². The zero-order valence-electron chi connectivity index (χ0n) is 11.2. The standard InChI is InChI=1S/C14H24N2S/c1-4-14(5-2)11-15-12(3)8-16(14)9-13-6-7-17-10-13/h6-7,10,12,15H,4-5,8-9,11H2,1-3H3. The lowest BCUT2D eigenvalue weighted by Crippen LogP contribution is -2.63. The van der Waals surface area contributed by atoms with Gasteiger partial charge < -0.3 is 5.32 Å². The lowest BCUT2D eigenvalue weighted by atomic mass is 9.87. The second kappa shape index (κ2) is 5.51. The number of thiophene rings is 1. The van der Waals surface area contributed by atoms with Crippen molar-refractivity contribution in [3.8, 4) is 0 Å². The predicted molar refractivity (Wildman–Crippen MR) is 75.5 cm³/mol. The average molecular weight is 252 g/mol. The quantitative estimate of drug-likeness (QED) is 0.886. The van der Waals surface area contributed by atoms with E-state index in [2.05, 4.69) is 47.8 Å². The molecule has 1 saturated heterocycles. The zero-order valence-corrected chi connectivity index (χ0v) is 12.0. The first-order chi connectivity index (χ1) is 8.20. The Balaban J connectivity index is 2.13. The normalized spacial score (nSPS) is 25.0. The highest BCUT2D eigenvalue weighted by Crippen LogP contribution is 2.29. The predicted octanol–water partition coefficient (Wildman–Crippen LogP) is 3.10. The summed E-state index contributed by atoms with van der Waals surface area (Å²) in [5, 5.41) is 8.11. The van der Waals surface area contributed by atoms with E-state index in [9.17, 15) is 0 Å². The van der Waals surface area contributed by atoms with Crippen molar-refractivity contribution < 1.29 is 0 Å². The third kappa shape index (κ3) is 2.72. The maximum atomic E-state index is 3.65. The van der Waals surface area contributed by atoms with Crippen molar-refractivity contribution in [2.75, 3.05) is 13.1 Å². The topological polar surface area (TPSA) is 15.3 Å². The summed E-state index contributed by atoms with van der Waals surface area (Å²) in [5.74, 6) is 0. The molecule has 0 radical (unpaired) electrons. The molecule has 3 heteroatoms. The summed E-state index contributed by atoms with van der Waals surface area (Å²) in [6, 6.07) is 2.87. The largest absolute Gasteiger partial charge is 0.311 e. The highest BCUT2D eigenvalue weighted by Gasteiger charge is 2.37. The number of piperazine rings is 1. The van der Waals surface area contributed by atoms with Gasteiger partial charge in [0.05, 0.1) is 0 Å². The molecule has 1 atom stereocenters. The maximum Gasteiger partial charge on any atom is 0.0333 e. The lowest BCUT2D eigenvalue weighted by Gasteiger charge is -2.49. The maximum absolute atomic E-state index is 3.65. The Hall–Kier alpha value is -0.380. The Morgan fingerprint density at radius 3 is 2.82 bits per heavy atom. The SMILES string of the molecule is CCC1(CC)CNC(C)CN1Cc1ccsc1. The Kier molecular flexibility index (Phi) is 4.23. The third-order valence-electron chi connectivity index (χ3n) is 4.21. The summed E-state index contributed by atoms with van der Waals surface area (Å²) in [5.41, 5.74) is 1.82. The fourth-order valence-corrected chi connectivity index (χ4v) is 3.51. The molecule has 17 heavy (non-hydrogen) atoms. The molecule has 1 aliphatic rings. The summed E-state index contributed by atoms with van der Waals surface area (Å²) < 4.78 is 0. The van der Waals surface area contributed by atoms with Gasteiger partial charge >= 0.3 is 0 Å². The smallest absolute Gasteiger partial charge is 0.0333 e. The van der Waals surface area contributed by atoms with Crippen LogP contribution in [0.3, 0.4) is 0 Å². The van der Waals surface area contributed by atoms with Crippen molar-refractivity contribution in [3.05, 3.63) is 22.4 Å². The first kappa shape index (κ1) is 13.1. The molecule has 2 nitrogen and oxygen atoms in total. The van der Waals surface area contributed by atoms with E-state index in [1.54, 1.807) is 11.3 Å². The molecule has 0 spiro atoms. The average Bonchev–Trinajstić information content (AvgIpc) is 2.83. The van der Waals surface area contributed by atoms with Crippen molar-refractivity contribution in [2.24, 2.45) is 0 Å². The van der Waals surface area contributed by atoms with Crippen molar-refractivity contribution in [3.63, 3.8) is 0 Å². The minimum absolute atomic E-state index is 0.356. The molecular formula is C14H24N2S. The van der Waals surface area contributed by atoms with Crippen LogP contribution in [0, 0.1) is 0 Å². The number of hydrogen-bond acceptors (Lipinski definition) is 3. The van der Waals surface area contributed by atoms with Crippen molar-refractivity contribution in [2.45, 2.75) is 51.7 Å². The van der Waals surface area contributed by atoms with Crippen LogP contribution in [0.5, 0.6) is 0 Å². The molecule has 1 aliphatic heterocycles. The van der Waals surface area contributed by atoms with Gasteiger partial charge in [0, 0.05) is 31.2 Å². The molecule has 0 amide bonds. The van der Waals surface area contributed by atoms with E-state index in [0.29, 0.717) is 11.6 Å². The summed E-state index contributed by atoms with van der Waals surface area (Å²) in [6.45, 7) is 10.3. The fourth-order valence-electron chi connectivity index (χ4n) is 2.85. The van der Waals surface area contributed by atoms with Crippen LogP contribution in [-0.4, -0.2) is 29.6 Å². The van der Waals surface area contributed by atoms with Gasteiger partial charge in [0.15, 0.2) is 0 Å². The van der Waals surface area contributed by atoms with Crippen molar-refractivity contribution in [1.29, 1.82) is 0 Å². The molecule has 0 saturated carbocycles. The molecule has 1 fully saturated rings. The van der Waals surface area contributed by atoms with E-state index in [1.165, 1.54) is 18.4 Å². The lowest BCUT2D eigenvalue weighted by molar-refractivity contribution is 0.0279. The molecule has 0 aromatic carbocycles. The highest BCUT2D eigenvalue weighted by molar-refractivity contribution is 7.07. The first-order valence-electron chi connectivity index (χ1n) is 6.69. The number of hydrogen-bond donors (Lipinski definition) is 1. The van der Waals surface area contributed by atoms with E-state index in [1.807, 2.05) is 0 Å². The van der Waals surface area contributed by atoms with E-state index in [4.69, 9.17) is 0 Å². The molecule has 2 rings (SSSR count). The van der Waals surface area contributed by atoms with E-state index >= 15 is 0 Å². The molecular weight excluding hydrogens is 228 g/mol. The van der Waals surface area contributed by atoms with Crippen LogP contribution in [0.1, 0.15) is 39.2 Å². The van der Waals surface area contributed by atoms with Crippen LogP contribution in [0.15, 0.2) is 16.8 Å².